The molecule has 0 heterocycles. The first kappa shape index (κ1) is 10.3. The molecule has 13 heavy (non-hydrogen) atoms. The van der Waals surface area contributed by atoms with Gasteiger partial charge in [-0.1, -0.05) is 41.4 Å². The van der Waals surface area contributed by atoms with Crippen molar-refractivity contribution >= 4 is 21.6 Å². The summed E-state index contributed by atoms with van der Waals surface area (Å²) in [6.45, 7) is 2.11. The van der Waals surface area contributed by atoms with Gasteiger partial charge in [-0.05, 0) is 24.1 Å². The van der Waals surface area contributed by atoms with Crippen LogP contribution in [0.4, 0.5) is 0 Å². The lowest BCUT2D eigenvalue weighted by Gasteiger charge is -2.03. The van der Waals surface area contributed by atoms with E-state index in [4.69, 9.17) is 5.84 Å². The molecule has 0 amide bonds. The monoisotopic (exact) mass is 240 g/mol. The third-order valence-corrected chi connectivity index (χ3v) is 2.29. The predicted molar refractivity (Wildman–Crippen MR) is 59.8 cm³/mol. The van der Waals surface area contributed by atoms with E-state index in [0.29, 0.717) is 0 Å². The Kier molecular flexibility index (Phi) is 3.96. The first-order chi connectivity index (χ1) is 6.27. The Bertz CT molecular complexity index is 308. The number of hydrazone groups is 1. The fraction of sp³-hybridized carbons (Fsp3) is 0.300. The molecule has 1 rings (SSSR count). The molecule has 0 spiro atoms. The van der Waals surface area contributed by atoms with Crippen molar-refractivity contribution in [3.63, 3.8) is 0 Å². The largest absolute Gasteiger partial charge is 0.323 e. The highest BCUT2D eigenvalue weighted by atomic mass is 79.9. The van der Waals surface area contributed by atoms with Gasteiger partial charge in [0.1, 0.15) is 0 Å². The van der Waals surface area contributed by atoms with E-state index < -0.39 is 0 Å². The first-order valence-electron chi connectivity index (χ1n) is 4.30. The van der Waals surface area contributed by atoms with Gasteiger partial charge in [-0.15, -0.1) is 0 Å². The standard InChI is InChI=1S/C10H13BrN2/c1-2-4-10(13-12)8-5-3-6-9(11)7-8/h3,5-7H,2,4,12H2,1H3. The van der Waals surface area contributed by atoms with Crippen molar-refractivity contribution in [3.05, 3.63) is 34.3 Å². The number of nitrogens with two attached hydrogens (primary N) is 1. The third kappa shape index (κ3) is 2.84. The van der Waals surface area contributed by atoms with Crippen LogP contribution >= 0.6 is 15.9 Å². The van der Waals surface area contributed by atoms with E-state index in [1.807, 2.05) is 24.3 Å². The Morgan fingerprint density at radius 3 is 2.85 bits per heavy atom. The number of hydrogen-bond donors (Lipinski definition) is 1. The van der Waals surface area contributed by atoms with Crippen LogP contribution in [0.3, 0.4) is 0 Å². The molecule has 0 atom stereocenters. The molecule has 0 radical (unpaired) electrons. The molecule has 2 N–H and O–H groups in total. The molecule has 0 fully saturated rings. The fourth-order valence-corrected chi connectivity index (χ4v) is 1.59. The van der Waals surface area contributed by atoms with E-state index in [1.54, 1.807) is 0 Å². The van der Waals surface area contributed by atoms with Crippen molar-refractivity contribution in [2.24, 2.45) is 10.9 Å². The van der Waals surface area contributed by atoms with Gasteiger partial charge in [0.25, 0.3) is 0 Å². The predicted octanol–water partition coefficient (Wildman–Crippen LogP) is 2.91. The third-order valence-electron chi connectivity index (χ3n) is 1.80. The average Bonchev–Trinajstić information content (AvgIpc) is 2.14. The fourth-order valence-electron chi connectivity index (χ4n) is 1.19. The van der Waals surface area contributed by atoms with Gasteiger partial charge in [0, 0.05) is 4.47 Å². The van der Waals surface area contributed by atoms with E-state index >= 15 is 0 Å². The quantitative estimate of drug-likeness (QED) is 0.493. The van der Waals surface area contributed by atoms with Crippen LogP contribution in [0.15, 0.2) is 33.8 Å². The minimum Gasteiger partial charge on any atom is -0.323 e. The molecule has 0 bridgehead atoms. The van der Waals surface area contributed by atoms with Crippen LogP contribution in [0.2, 0.25) is 0 Å². The number of halogens is 1. The smallest absolute Gasteiger partial charge is 0.0673 e. The van der Waals surface area contributed by atoms with Gasteiger partial charge >= 0.3 is 0 Å². The van der Waals surface area contributed by atoms with Crippen molar-refractivity contribution in [2.75, 3.05) is 0 Å². The van der Waals surface area contributed by atoms with Crippen LogP contribution in [0.5, 0.6) is 0 Å². The summed E-state index contributed by atoms with van der Waals surface area (Å²) in [7, 11) is 0. The molecule has 0 aliphatic heterocycles. The van der Waals surface area contributed by atoms with Crippen LogP contribution in [0.25, 0.3) is 0 Å². The molecule has 0 saturated heterocycles. The van der Waals surface area contributed by atoms with E-state index in [-0.39, 0.29) is 0 Å². The normalized spacial score (nSPS) is 11.7. The van der Waals surface area contributed by atoms with Gasteiger partial charge < -0.3 is 5.84 Å². The number of benzene rings is 1. The maximum absolute atomic E-state index is 5.31. The van der Waals surface area contributed by atoms with Crippen molar-refractivity contribution in [2.45, 2.75) is 19.8 Å². The van der Waals surface area contributed by atoms with Crippen molar-refractivity contribution in [3.8, 4) is 0 Å². The van der Waals surface area contributed by atoms with Crippen LogP contribution in [-0.4, -0.2) is 5.71 Å². The van der Waals surface area contributed by atoms with Crippen molar-refractivity contribution < 1.29 is 0 Å². The summed E-state index contributed by atoms with van der Waals surface area (Å²) >= 11 is 3.41. The first-order valence-corrected chi connectivity index (χ1v) is 5.10. The summed E-state index contributed by atoms with van der Waals surface area (Å²) in [6.07, 6.45) is 1.98. The SMILES string of the molecule is CCCC(=NN)c1cccc(Br)c1. The number of hydrogen-bond acceptors (Lipinski definition) is 2. The van der Waals surface area contributed by atoms with Gasteiger partial charge in [0.2, 0.25) is 0 Å². The summed E-state index contributed by atoms with van der Waals surface area (Å²) in [4.78, 5) is 0. The minimum absolute atomic E-state index is 0.924. The van der Waals surface area contributed by atoms with Gasteiger partial charge in [-0.25, -0.2) is 0 Å². The lowest BCUT2D eigenvalue weighted by Crippen LogP contribution is -2.03. The van der Waals surface area contributed by atoms with Gasteiger partial charge in [0.15, 0.2) is 0 Å². The molecule has 1 aromatic carbocycles. The lowest BCUT2D eigenvalue weighted by molar-refractivity contribution is 0.982. The maximum atomic E-state index is 5.31. The zero-order valence-corrected chi connectivity index (χ0v) is 9.21. The van der Waals surface area contributed by atoms with Crippen LogP contribution in [0.1, 0.15) is 25.3 Å². The summed E-state index contributed by atoms with van der Waals surface area (Å²) in [5, 5.41) is 3.78. The van der Waals surface area contributed by atoms with Crippen molar-refractivity contribution in [1.82, 2.24) is 0 Å². The number of nitrogens with zero attached hydrogens (tertiary/aromatic N) is 1. The molecule has 1 aromatic rings. The second-order valence-electron chi connectivity index (χ2n) is 2.84. The molecule has 0 aromatic heterocycles. The van der Waals surface area contributed by atoms with E-state index in [0.717, 1.165) is 28.6 Å². The molecule has 0 unspecified atom stereocenters. The van der Waals surface area contributed by atoms with Crippen LogP contribution in [-0.2, 0) is 0 Å². The Balaban J connectivity index is 2.92. The Morgan fingerprint density at radius 2 is 2.31 bits per heavy atom. The number of rotatable bonds is 3. The molecule has 0 saturated carbocycles. The lowest BCUT2D eigenvalue weighted by atomic mass is 10.1. The molecule has 2 nitrogen and oxygen atoms in total. The second kappa shape index (κ2) is 5.02. The van der Waals surface area contributed by atoms with E-state index in [2.05, 4.69) is 28.0 Å². The van der Waals surface area contributed by atoms with Crippen LogP contribution in [0, 0.1) is 0 Å². The highest BCUT2D eigenvalue weighted by molar-refractivity contribution is 9.10. The maximum Gasteiger partial charge on any atom is 0.0673 e. The summed E-state index contributed by atoms with van der Waals surface area (Å²) < 4.78 is 1.06. The zero-order valence-electron chi connectivity index (χ0n) is 7.63. The summed E-state index contributed by atoms with van der Waals surface area (Å²) in [6, 6.07) is 8.03. The summed E-state index contributed by atoms with van der Waals surface area (Å²) in [5.74, 6) is 5.31. The van der Waals surface area contributed by atoms with Gasteiger partial charge in [-0.2, -0.15) is 5.10 Å². The highest BCUT2D eigenvalue weighted by Gasteiger charge is 2.01. The van der Waals surface area contributed by atoms with E-state index in [1.165, 1.54) is 0 Å². The Hall–Kier alpha value is -0.830. The highest BCUT2D eigenvalue weighted by Crippen LogP contribution is 2.13. The molecule has 0 aliphatic rings. The molecule has 3 heteroatoms. The van der Waals surface area contributed by atoms with Gasteiger partial charge in [0.05, 0.1) is 5.71 Å². The Labute approximate surface area is 87.0 Å². The van der Waals surface area contributed by atoms with Crippen LogP contribution < -0.4 is 5.84 Å². The van der Waals surface area contributed by atoms with Crippen molar-refractivity contribution in [1.29, 1.82) is 0 Å². The van der Waals surface area contributed by atoms with Gasteiger partial charge in [-0.3, -0.25) is 0 Å². The Morgan fingerprint density at radius 1 is 1.54 bits per heavy atom. The molecule has 0 aliphatic carbocycles. The minimum atomic E-state index is 0.924. The van der Waals surface area contributed by atoms with E-state index in [9.17, 15) is 0 Å². The zero-order chi connectivity index (χ0) is 9.68. The molecular weight excluding hydrogens is 228 g/mol. The molecular formula is C10H13BrN2. The molecule has 70 valence electrons. The topological polar surface area (TPSA) is 38.4 Å². The summed E-state index contributed by atoms with van der Waals surface area (Å²) in [5.41, 5.74) is 2.06. The second-order valence-corrected chi connectivity index (χ2v) is 3.75. The average molecular weight is 241 g/mol.